The monoisotopic (exact) mass is 232 g/mol. The van der Waals surface area contributed by atoms with Crippen molar-refractivity contribution in [3.05, 3.63) is 25.3 Å². The summed E-state index contributed by atoms with van der Waals surface area (Å²) < 4.78 is 22.5. The van der Waals surface area contributed by atoms with E-state index < -0.39 is 7.60 Å². The van der Waals surface area contributed by atoms with E-state index in [1.54, 1.807) is 12.2 Å². The molecule has 0 aliphatic rings. The minimum Gasteiger partial charge on any atom is -0.304 e. The Bertz CT molecular complexity index is 210. The standard InChI is InChI=1S/C11H21O3P/c1-4-7-8-11-15(12,13-9-5-2)14-10-6-3/h5-6H,2-4,7-11H2,1H3. The second-order valence-electron chi connectivity index (χ2n) is 3.21. The van der Waals surface area contributed by atoms with Gasteiger partial charge in [-0.15, -0.1) is 13.2 Å². The highest BCUT2D eigenvalue weighted by Crippen LogP contribution is 2.48. The van der Waals surface area contributed by atoms with E-state index in [1.807, 2.05) is 0 Å². The van der Waals surface area contributed by atoms with Gasteiger partial charge in [0.1, 0.15) is 0 Å². The van der Waals surface area contributed by atoms with Crippen LogP contribution in [0.3, 0.4) is 0 Å². The normalized spacial score (nSPS) is 11.3. The first kappa shape index (κ1) is 14.6. The number of hydrogen-bond acceptors (Lipinski definition) is 3. The van der Waals surface area contributed by atoms with Crippen molar-refractivity contribution < 1.29 is 13.6 Å². The van der Waals surface area contributed by atoms with E-state index in [9.17, 15) is 4.57 Å². The van der Waals surface area contributed by atoms with Crippen LogP contribution < -0.4 is 0 Å². The van der Waals surface area contributed by atoms with Crippen LogP contribution in [0.15, 0.2) is 25.3 Å². The molecule has 0 fully saturated rings. The zero-order valence-corrected chi connectivity index (χ0v) is 10.4. The van der Waals surface area contributed by atoms with Gasteiger partial charge in [0.2, 0.25) is 0 Å². The van der Waals surface area contributed by atoms with E-state index in [1.165, 1.54) is 0 Å². The highest BCUT2D eigenvalue weighted by Gasteiger charge is 2.22. The Morgan fingerprint density at radius 3 is 2.07 bits per heavy atom. The molecule has 0 aliphatic heterocycles. The number of hydrogen-bond donors (Lipinski definition) is 0. The van der Waals surface area contributed by atoms with Gasteiger partial charge >= 0.3 is 7.60 Å². The molecule has 4 heteroatoms. The van der Waals surface area contributed by atoms with Crippen molar-refractivity contribution in [2.75, 3.05) is 19.4 Å². The third-order valence-electron chi connectivity index (χ3n) is 1.81. The van der Waals surface area contributed by atoms with Crippen LogP contribution in [0.1, 0.15) is 26.2 Å². The molecule has 0 bridgehead atoms. The predicted octanol–water partition coefficient (Wildman–Crippen LogP) is 3.77. The van der Waals surface area contributed by atoms with Gasteiger partial charge in [-0.25, -0.2) is 0 Å². The number of rotatable bonds is 10. The van der Waals surface area contributed by atoms with Gasteiger partial charge in [0.05, 0.1) is 19.4 Å². The summed E-state index contributed by atoms with van der Waals surface area (Å²) >= 11 is 0. The molecule has 0 aromatic heterocycles. The van der Waals surface area contributed by atoms with Crippen LogP contribution in [0.4, 0.5) is 0 Å². The minimum absolute atomic E-state index is 0.264. The molecule has 0 N–H and O–H groups in total. The summed E-state index contributed by atoms with van der Waals surface area (Å²) in [6.07, 6.45) is 6.61. The van der Waals surface area contributed by atoms with Crippen LogP contribution in [-0.4, -0.2) is 19.4 Å². The largest absolute Gasteiger partial charge is 0.331 e. The van der Waals surface area contributed by atoms with Gasteiger partial charge in [-0.05, 0) is 6.42 Å². The van der Waals surface area contributed by atoms with E-state index in [4.69, 9.17) is 9.05 Å². The first-order valence-corrected chi connectivity index (χ1v) is 7.01. The molecule has 0 saturated carbocycles. The van der Waals surface area contributed by atoms with E-state index in [0.717, 1.165) is 19.3 Å². The van der Waals surface area contributed by atoms with Crippen LogP contribution >= 0.6 is 7.60 Å². The highest BCUT2D eigenvalue weighted by molar-refractivity contribution is 7.53. The van der Waals surface area contributed by atoms with Gasteiger partial charge in [0, 0.05) is 0 Å². The fourth-order valence-electron chi connectivity index (χ4n) is 1.05. The van der Waals surface area contributed by atoms with Gasteiger partial charge in [-0.2, -0.15) is 0 Å². The van der Waals surface area contributed by atoms with Crippen molar-refractivity contribution in [1.82, 2.24) is 0 Å². The second kappa shape index (κ2) is 8.90. The molecule has 0 heterocycles. The minimum atomic E-state index is -2.92. The summed E-state index contributed by atoms with van der Waals surface area (Å²) in [6, 6.07) is 0. The molecule has 0 saturated heterocycles. The lowest BCUT2D eigenvalue weighted by Crippen LogP contribution is -2.00. The Kier molecular flexibility index (Phi) is 8.68. The smallest absolute Gasteiger partial charge is 0.304 e. The van der Waals surface area contributed by atoms with Gasteiger partial charge in [-0.3, -0.25) is 4.57 Å². The summed E-state index contributed by atoms with van der Waals surface area (Å²) in [7, 11) is -2.92. The maximum atomic E-state index is 12.1. The van der Waals surface area contributed by atoms with Crippen LogP contribution in [0, 0.1) is 0 Å². The lowest BCUT2D eigenvalue weighted by molar-refractivity contribution is 0.236. The summed E-state index contributed by atoms with van der Waals surface area (Å²) in [6.45, 7) is 9.66. The Labute approximate surface area is 92.7 Å². The first-order valence-electron chi connectivity index (χ1n) is 5.28. The lowest BCUT2D eigenvalue weighted by atomic mass is 10.3. The molecular formula is C11H21O3P. The van der Waals surface area contributed by atoms with Gasteiger partial charge < -0.3 is 9.05 Å². The fourth-order valence-corrected chi connectivity index (χ4v) is 2.66. The molecule has 0 atom stereocenters. The van der Waals surface area contributed by atoms with Crippen molar-refractivity contribution >= 4 is 7.60 Å². The van der Waals surface area contributed by atoms with Crippen molar-refractivity contribution in [3.8, 4) is 0 Å². The third-order valence-corrected chi connectivity index (χ3v) is 3.76. The Morgan fingerprint density at radius 2 is 1.67 bits per heavy atom. The average molecular weight is 232 g/mol. The lowest BCUT2D eigenvalue weighted by Gasteiger charge is -2.16. The molecule has 0 unspecified atom stereocenters. The van der Waals surface area contributed by atoms with Crippen molar-refractivity contribution in [2.45, 2.75) is 26.2 Å². The third kappa shape index (κ3) is 7.55. The average Bonchev–Trinajstić information content (AvgIpc) is 2.24. The molecule has 0 radical (unpaired) electrons. The fraction of sp³-hybridized carbons (Fsp3) is 0.636. The molecule has 88 valence electrons. The van der Waals surface area contributed by atoms with E-state index in [2.05, 4.69) is 20.1 Å². The summed E-state index contributed by atoms with van der Waals surface area (Å²) in [4.78, 5) is 0. The molecule has 3 nitrogen and oxygen atoms in total. The summed E-state index contributed by atoms with van der Waals surface area (Å²) in [5.41, 5.74) is 0. The van der Waals surface area contributed by atoms with Crippen molar-refractivity contribution in [1.29, 1.82) is 0 Å². The van der Waals surface area contributed by atoms with Gasteiger partial charge in [-0.1, -0.05) is 31.9 Å². The van der Waals surface area contributed by atoms with Crippen LogP contribution in [0.2, 0.25) is 0 Å². The second-order valence-corrected chi connectivity index (χ2v) is 5.40. The molecule has 0 aromatic carbocycles. The van der Waals surface area contributed by atoms with E-state index in [-0.39, 0.29) is 13.2 Å². The Balaban J connectivity index is 4.06. The molecule has 15 heavy (non-hydrogen) atoms. The van der Waals surface area contributed by atoms with Crippen molar-refractivity contribution in [3.63, 3.8) is 0 Å². The number of unbranched alkanes of at least 4 members (excludes halogenated alkanes) is 2. The molecule has 0 amide bonds. The molecule has 0 rings (SSSR count). The SMILES string of the molecule is C=CCOP(=O)(CCCCC)OCC=C. The predicted molar refractivity (Wildman–Crippen MR) is 64.3 cm³/mol. The first-order chi connectivity index (χ1) is 7.18. The van der Waals surface area contributed by atoms with Crippen LogP contribution in [0.25, 0.3) is 0 Å². The Morgan fingerprint density at radius 1 is 1.13 bits per heavy atom. The zero-order valence-electron chi connectivity index (χ0n) is 9.48. The van der Waals surface area contributed by atoms with E-state index >= 15 is 0 Å². The maximum absolute atomic E-state index is 12.1. The quantitative estimate of drug-likeness (QED) is 0.326. The highest BCUT2D eigenvalue weighted by atomic mass is 31.2. The summed E-state index contributed by atoms with van der Waals surface area (Å²) in [5, 5.41) is 0. The van der Waals surface area contributed by atoms with Gasteiger partial charge in [0.25, 0.3) is 0 Å². The molecule has 0 spiro atoms. The maximum Gasteiger partial charge on any atom is 0.331 e. The van der Waals surface area contributed by atoms with Crippen LogP contribution in [-0.2, 0) is 13.6 Å². The van der Waals surface area contributed by atoms with Crippen LogP contribution in [0.5, 0.6) is 0 Å². The topological polar surface area (TPSA) is 35.5 Å². The Hall–Kier alpha value is -0.370. The zero-order chi connectivity index (χ0) is 11.6. The molecule has 0 aliphatic carbocycles. The molecular weight excluding hydrogens is 211 g/mol. The van der Waals surface area contributed by atoms with E-state index in [0.29, 0.717) is 6.16 Å². The van der Waals surface area contributed by atoms with Crippen molar-refractivity contribution in [2.24, 2.45) is 0 Å². The summed E-state index contributed by atoms with van der Waals surface area (Å²) in [5.74, 6) is 0. The molecule has 0 aromatic rings. The van der Waals surface area contributed by atoms with Gasteiger partial charge in [0.15, 0.2) is 0 Å².